The molecule has 6 heteroatoms. The summed E-state index contributed by atoms with van der Waals surface area (Å²) in [6.07, 6.45) is 2.86. The molecule has 0 saturated carbocycles. The van der Waals surface area contributed by atoms with Gasteiger partial charge in [-0.1, -0.05) is 0 Å². The highest BCUT2D eigenvalue weighted by molar-refractivity contribution is 5.51. The van der Waals surface area contributed by atoms with Crippen LogP contribution in [0.25, 0.3) is 0 Å². The fourth-order valence-corrected chi connectivity index (χ4v) is 1.92. The SMILES string of the molecule is O=C=Nc1cc(F)c(OCC2CCOCC2)c(F)c1. The topological polar surface area (TPSA) is 47.9 Å². The fraction of sp³-hybridized carbons (Fsp3) is 0.462. The second-order valence-electron chi connectivity index (χ2n) is 4.31. The monoisotopic (exact) mass is 269 g/mol. The Morgan fingerprint density at radius 3 is 2.53 bits per heavy atom. The van der Waals surface area contributed by atoms with E-state index in [9.17, 15) is 13.6 Å². The molecular weight excluding hydrogens is 256 g/mol. The van der Waals surface area contributed by atoms with E-state index in [1.807, 2.05) is 0 Å². The van der Waals surface area contributed by atoms with Crippen LogP contribution in [-0.4, -0.2) is 25.9 Å². The van der Waals surface area contributed by atoms with Gasteiger partial charge in [-0.2, -0.15) is 4.99 Å². The van der Waals surface area contributed by atoms with Crippen LogP contribution in [0.4, 0.5) is 14.5 Å². The first-order valence-electron chi connectivity index (χ1n) is 5.98. The Morgan fingerprint density at radius 2 is 1.95 bits per heavy atom. The molecule has 0 radical (unpaired) electrons. The standard InChI is InChI=1S/C13H13F2NO3/c14-11-5-10(16-8-17)6-12(15)13(11)19-7-9-1-3-18-4-2-9/h5-6,9H,1-4,7H2. The van der Waals surface area contributed by atoms with E-state index in [0.717, 1.165) is 25.0 Å². The molecule has 0 N–H and O–H groups in total. The molecule has 0 atom stereocenters. The lowest BCUT2D eigenvalue weighted by Gasteiger charge is -2.22. The zero-order chi connectivity index (χ0) is 13.7. The maximum atomic E-state index is 13.6. The number of halogens is 2. The molecule has 0 aliphatic carbocycles. The Bertz CT molecular complexity index is 472. The maximum absolute atomic E-state index is 13.6. The number of rotatable bonds is 4. The van der Waals surface area contributed by atoms with Gasteiger partial charge in [0.1, 0.15) is 0 Å². The molecule has 2 rings (SSSR count). The second-order valence-corrected chi connectivity index (χ2v) is 4.31. The van der Waals surface area contributed by atoms with E-state index in [0.29, 0.717) is 13.2 Å². The lowest BCUT2D eigenvalue weighted by Crippen LogP contribution is -2.21. The van der Waals surface area contributed by atoms with Crippen molar-refractivity contribution in [3.05, 3.63) is 23.8 Å². The van der Waals surface area contributed by atoms with Crippen LogP contribution < -0.4 is 4.74 Å². The number of hydrogen-bond acceptors (Lipinski definition) is 4. The summed E-state index contributed by atoms with van der Waals surface area (Å²) in [7, 11) is 0. The zero-order valence-electron chi connectivity index (χ0n) is 10.2. The number of aliphatic imine (C=N–C) groups is 1. The highest BCUT2D eigenvalue weighted by Crippen LogP contribution is 2.28. The molecule has 1 fully saturated rings. The number of nitrogens with zero attached hydrogens (tertiary/aromatic N) is 1. The van der Waals surface area contributed by atoms with Crippen molar-refractivity contribution in [2.75, 3.05) is 19.8 Å². The third-order valence-electron chi connectivity index (χ3n) is 2.96. The van der Waals surface area contributed by atoms with Crippen LogP contribution in [0.2, 0.25) is 0 Å². The third kappa shape index (κ3) is 3.59. The van der Waals surface area contributed by atoms with Crippen molar-refractivity contribution < 1.29 is 23.0 Å². The van der Waals surface area contributed by atoms with Crippen LogP contribution in [0.5, 0.6) is 5.75 Å². The molecule has 0 amide bonds. The molecular formula is C13H13F2NO3. The van der Waals surface area contributed by atoms with Gasteiger partial charge in [-0.15, -0.1) is 0 Å². The molecule has 0 unspecified atom stereocenters. The van der Waals surface area contributed by atoms with Crippen molar-refractivity contribution in [1.29, 1.82) is 0 Å². The van der Waals surface area contributed by atoms with Gasteiger partial charge < -0.3 is 9.47 Å². The Kier molecular flexibility index (Phi) is 4.60. The molecule has 19 heavy (non-hydrogen) atoms. The molecule has 1 aliphatic heterocycles. The summed E-state index contributed by atoms with van der Waals surface area (Å²) in [6.45, 7) is 1.53. The molecule has 1 aliphatic rings. The van der Waals surface area contributed by atoms with Crippen LogP contribution >= 0.6 is 0 Å². The molecule has 0 aromatic heterocycles. The third-order valence-corrected chi connectivity index (χ3v) is 2.96. The molecule has 0 spiro atoms. The first-order chi connectivity index (χ1) is 9.20. The van der Waals surface area contributed by atoms with E-state index in [-0.39, 0.29) is 18.2 Å². The van der Waals surface area contributed by atoms with Gasteiger partial charge in [-0.05, 0) is 18.8 Å². The first-order valence-corrected chi connectivity index (χ1v) is 5.98. The largest absolute Gasteiger partial charge is 0.487 e. The Balaban J connectivity index is 2.05. The number of carbonyl (C=O) groups excluding carboxylic acids is 1. The lowest BCUT2D eigenvalue weighted by molar-refractivity contribution is 0.0485. The minimum absolute atomic E-state index is 0.122. The predicted octanol–water partition coefficient (Wildman–Crippen LogP) is 2.74. The van der Waals surface area contributed by atoms with E-state index < -0.39 is 17.4 Å². The molecule has 1 heterocycles. The van der Waals surface area contributed by atoms with E-state index >= 15 is 0 Å². The summed E-state index contributed by atoms with van der Waals surface area (Å²) in [5, 5.41) is 0. The average molecular weight is 269 g/mol. The quantitative estimate of drug-likeness (QED) is 0.623. The summed E-state index contributed by atoms with van der Waals surface area (Å²) in [5.41, 5.74) is -0.122. The average Bonchev–Trinajstić information content (AvgIpc) is 2.39. The van der Waals surface area contributed by atoms with Crippen molar-refractivity contribution >= 4 is 11.8 Å². The van der Waals surface area contributed by atoms with Gasteiger partial charge in [0.25, 0.3) is 0 Å². The fourth-order valence-electron chi connectivity index (χ4n) is 1.92. The molecule has 102 valence electrons. The number of benzene rings is 1. The molecule has 0 bridgehead atoms. The van der Waals surface area contributed by atoms with Crippen molar-refractivity contribution in [3.63, 3.8) is 0 Å². The van der Waals surface area contributed by atoms with Gasteiger partial charge in [0.2, 0.25) is 6.08 Å². The summed E-state index contributed by atoms with van der Waals surface area (Å²) >= 11 is 0. The molecule has 4 nitrogen and oxygen atoms in total. The highest BCUT2D eigenvalue weighted by Gasteiger charge is 2.18. The van der Waals surface area contributed by atoms with Gasteiger partial charge in [0, 0.05) is 25.3 Å². The van der Waals surface area contributed by atoms with E-state index in [2.05, 4.69) is 4.99 Å². The van der Waals surface area contributed by atoms with Gasteiger partial charge in [0.05, 0.1) is 12.3 Å². The smallest absolute Gasteiger partial charge is 0.240 e. The zero-order valence-corrected chi connectivity index (χ0v) is 10.2. The summed E-state index contributed by atoms with van der Waals surface area (Å²) in [4.78, 5) is 13.2. The number of ether oxygens (including phenoxy) is 2. The van der Waals surface area contributed by atoms with Gasteiger partial charge in [-0.25, -0.2) is 13.6 Å². The van der Waals surface area contributed by atoms with E-state index in [4.69, 9.17) is 9.47 Å². The van der Waals surface area contributed by atoms with Crippen LogP contribution in [0, 0.1) is 17.6 Å². The second kappa shape index (κ2) is 6.41. The molecule has 1 aromatic rings. The number of hydrogen-bond donors (Lipinski definition) is 0. The Morgan fingerprint density at radius 1 is 1.32 bits per heavy atom. The van der Waals surface area contributed by atoms with Gasteiger partial charge >= 0.3 is 0 Å². The van der Waals surface area contributed by atoms with E-state index in [1.54, 1.807) is 0 Å². The van der Waals surface area contributed by atoms with Crippen molar-refractivity contribution in [1.82, 2.24) is 0 Å². The van der Waals surface area contributed by atoms with Crippen LogP contribution in [0.3, 0.4) is 0 Å². The Labute approximate surface area is 109 Å². The van der Waals surface area contributed by atoms with E-state index in [1.165, 1.54) is 6.08 Å². The minimum Gasteiger partial charge on any atom is -0.487 e. The number of isocyanates is 1. The molecule has 1 saturated heterocycles. The van der Waals surface area contributed by atoms with Crippen LogP contribution in [0.1, 0.15) is 12.8 Å². The van der Waals surface area contributed by atoms with Gasteiger partial charge in [0.15, 0.2) is 17.4 Å². The minimum atomic E-state index is -0.874. The summed E-state index contributed by atoms with van der Waals surface area (Å²) < 4.78 is 37.6. The highest BCUT2D eigenvalue weighted by atomic mass is 19.1. The Hall–Kier alpha value is -1.78. The lowest BCUT2D eigenvalue weighted by atomic mass is 10.0. The predicted molar refractivity (Wildman–Crippen MR) is 63.2 cm³/mol. The van der Waals surface area contributed by atoms with Crippen molar-refractivity contribution in [2.45, 2.75) is 12.8 Å². The van der Waals surface area contributed by atoms with Crippen molar-refractivity contribution in [2.24, 2.45) is 10.9 Å². The maximum Gasteiger partial charge on any atom is 0.240 e. The summed E-state index contributed by atoms with van der Waals surface area (Å²) in [5.74, 6) is -1.95. The van der Waals surface area contributed by atoms with Gasteiger partial charge in [-0.3, -0.25) is 0 Å². The first kappa shape index (κ1) is 13.6. The van der Waals surface area contributed by atoms with Crippen molar-refractivity contribution in [3.8, 4) is 5.75 Å². The van der Waals surface area contributed by atoms with Crippen LogP contribution in [-0.2, 0) is 9.53 Å². The summed E-state index contributed by atoms with van der Waals surface area (Å²) in [6, 6.07) is 1.88. The molecule has 1 aromatic carbocycles. The normalized spacial score (nSPS) is 15.9. The van der Waals surface area contributed by atoms with Crippen LogP contribution in [0.15, 0.2) is 17.1 Å².